The molecule has 76 valence electrons. The molecule has 0 unspecified atom stereocenters. The zero-order chi connectivity index (χ0) is 10.4. The molecule has 2 heterocycles. The first-order chi connectivity index (χ1) is 7.25. The minimum atomic E-state index is 0.853. The van der Waals surface area contributed by atoms with Gasteiger partial charge in [0.05, 0.1) is 6.54 Å². The quantitative estimate of drug-likeness (QED) is 0.685. The Morgan fingerprint density at radius 3 is 3.20 bits per heavy atom. The molecule has 0 saturated carbocycles. The van der Waals surface area contributed by atoms with Gasteiger partial charge >= 0.3 is 0 Å². The third-order valence-electron chi connectivity index (χ3n) is 2.44. The second kappa shape index (κ2) is 3.57. The van der Waals surface area contributed by atoms with Gasteiger partial charge in [0.25, 0.3) is 0 Å². The van der Waals surface area contributed by atoms with Crippen LogP contribution >= 0.6 is 39.9 Å². The lowest BCUT2D eigenvalue weighted by molar-refractivity contribution is 0.685. The van der Waals surface area contributed by atoms with Gasteiger partial charge in [-0.05, 0) is 18.2 Å². The highest BCUT2D eigenvalue weighted by molar-refractivity contribution is 9.10. The fraction of sp³-hybridized carbons (Fsp3) is 0.200. The maximum atomic E-state index is 5.36. The van der Waals surface area contributed by atoms with E-state index in [-0.39, 0.29) is 0 Å². The summed E-state index contributed by atoms with van der Waals surface area (Å²) in [7, 11) is 0. The van der Waals surface area contributed by atoms with E-state index < -0.39 is 0 Å². The molecule has 0 bridgehead atoms. The highest BCUT2D eigenvalue weighted by Gasteiger charge is 2.29. The number of rotatable bonds is 0. The predicted molar refractivity (Wildman–Crippen MR) is 70.7 cm³/mol. The molecular weight excluding hydrogens is 292 g/mol. The first-order valence-corrected chi connectivity index (χ1v) is 6.61. The van der Waals surface area contributed by atoms with Gasteiger partial charge in [0, 0.05) is 21.5 Å². The van der Waals surface area contributed by atoms with Crippen LogP contribution in [0.15, 0.2) is 32.6 Å². The second-order valence-corrected chi connectivity index (χ2v) is 5.96. The fourth-order valence-corrected chi connectivity index (χ4v) is 3.66. The molecular formula is C10H7BrN2S2. The van der Waals surface area contributed by atoms with Crippen molar-refractivity contribution in [3.05, 3.63) is 28.2 Å². The summed E-state index contributed by atoms with van der Waals surface area (Å²) in [4.78, 5) is 7.83. The lowest BCUT2D eigenvalue weighted by atomic mass is 10.2. The lowest BCUT2D eigenvalue weighted by Crippen LogP contribution is -2.35. The van der Waals surface area contributed by atoms with Crippen molar-refractivity contribution in [2.24, 2.45) is 4.99 Å². The van der Waals surface area contributed by atoms with E-state index in [1.807, 2.05) is 6.07 Å². The van der Waals surface area contributed by atoms with Crippen LogP contribution in [0.5, 0.6) is 0 Å². The molecule has 5 heteroatoms. The molecule has 2 nitrogen and oxygen atoms in total. The summed E-state index contributed by atoms with van der Waals surface area (Å²) in [6.45, 7) is 1.78. The number of halogens is 1. The van der Waals surface area contributed by atoms with Crippen LogP contribution in [-0.4, -0.2) is 28.1 Å². The smallest absolute Gasteiger partial charge is 0.146 e. The number of nitrogens with zero attached hydrogens (tertiary/aromatic N) is 2. The fourth-order valence-electron chi connectivity index (χ4n) is 1.77. The van der Waals surface area contributed by atoms with Gasteiger partial charge in [-0.2, -0.15) is 0 Å². The van der Waals surface area contributed by atoms with Gasteiger partial charge < -0.3 is 4.90 Å². The Bertz CT molecular complexity index is 484. The van der Waals surface area contributed by atoms with Crippen molar-refractivity contribution in [2.75, 3.05) is 13.1 Å². The molecule has 0 saturated heterocycles. The average Bonchev–Trinajstić information content (AvgIpc) is 2.66. The monoisotopic (exact) mass is 298 g/mol. The van der Waals surface area contributed by atoms with Gasteiger partial charge in [0.1, 0.15) is 10.2 Å². The Morgan fingerprint density at radius 1 is 1.47 bits per heavy atom. The highest BCUT2D eigenvalue weighted by atomic mass is 79.9. The number of hydrogen-bond acceptors (Lipinski definition) is 3. The zero-order valence-corrected chi connectivity index (χ0v) is 11.0. The summed E-state index contributed by atoms with van der Waals surface area (Å²) in [5.74, 6) is 1.04. The van der Waals surface area contributed by atoms with Crippen LogP contribution in [0.4, 0.5) is 0 Å². The van der Waals surface area contributed by atoms with Gasteiger partial charge in [-0.25, -0.2) is 0 Å². The van der Waals surface area contributed by atoms with E-state index >= 15 is 0 Å². The van der Waals surface area contributed by atoms with Crippen LogP contribution in [0.1, 0.15) is 5.56 Å². The maximum Gasteiger partial charge on any atom is 0.146 e. The van der Waals surface area contributed by atoms with Crippen LogP contribution in [0.2, 0.25) is 0 Å². The standard InChI is InChI=1S/C10H7BrN2S2/c11-6-1-2-7-8(5-6)15-10(14)13-4-3-12-9(7)13/h1-2,5H,3-4H2. The minimum Gasteiger partial charge on any atom is -0.310 e. The molecule has 0 spiro atoms. The zero-order valence-electron chi connectivity index (χ0n) is 7.74. The first kappa shape index (κ1) is 9.81. The third-order valence-corrected chi connectivity index (χ3v) is 4.36. The van der Waals surface area contributed by atoms with E-state index in [9.17, 15) is 0 Å². The van der Waals surface area contributed by atoms with Gasteiger partial charge in [-0.15, -0.1) is 0 Å². The summed E-state index contributed by atoms with van der Waals surface area (Å²) in [6.07, 6.45) is 0. The van der Waals surface area contributed by atoms with E-state index in [1.165, 1.54) is 10.5 Å². The number of thioether (sulfide) groups is 1. The molecule has 1 aromatic carbocycles. The molecule has 3 rings (SSSR count). The summed E-state index contributed by atoms with van der Waals surface area (Å²) in [6, 6.07) is 6.25. The predicted octanol–water partition coefficient (Wildman–Crippen LogP) is 2.90. The van der Waals surface area contributed by atoms with E-state index in [1.54, 1.807) is 11.8 Å². The maximum absolute atomic E-state index is 5.36. The van der Waals surface area contributed by atoms with Crippen molar-refractivity contribution in [2.45, 2.75) is 4.90 Å². The first-order valence-electron chi connectivity index (χ1n) is 4.59. The van der Waals surface area contributed by atoms with Gasteiger partial charge in [0.15, 0.2) is 0 Å². The van der Waals surface area contributed by atoms with E-state index in [0.29, 0.717) is 0 Å². The molecule has 2 aliphatic rings. The molecule has 0 N–H and O–H groups in total. The molecule has 0 aromatic heterocycles. The van der Waals surface area contributed by atoms with Gasteiger partial charge in [-0.1, -0.05) is 39.9 Å². The third kappa shape index (κ3) is 1.53. The largest absolute Gasteiger partial charge is 0.310 e. The van der Waals surface area contributed by atoms with Gasteiger partial charge in [0.2, 0.25) is 0 Å². The van der Waals surface area contributed by atoms with Crippen LogP contribution in [0, 0.1) is 0 Å². The number of amidine groups is 1. The average molecular weight is 299 g/mol. The van der Waals surface area contributed by atoms with Crippen LogP contribution in [-0.2, 0) is 0 Å². The van der Waals surface area contributed by atoms with Crippen molar-refractivity contribution in [3.8, 4) is 0 Å². The number of fused-ring (bicyclic) bond motifs is 3. The number of benzene rings is 1. The van der Waals surface area contributed by atoms with Crippen molar-refractivity contribution < 1.29 is 0 Å². The second-order valence-electron chi connectivity index (χ2n) is 3.37. The lowest BCUT2D eigenvalue weighted by Gasteiger charge is -2.27. The van der Waals surface area contributed by atoms with Crippen LogP contribution in [0.3, 0.4) is 0 Å². The molecule has 0 fully saturated rings. The van der Waals surface area contributed by atoms with E-state index in [4.69, 9.17) is 12.2 Å². The van der Waals surface area contributed by atoms with Crippen molar-refractivity contribution in [3.63, 3.8) is 0 Å². The summed E-state index contributed by atoms with van der Waals surface area (Å²) >= 11 is 10.5. The van der Waals surface area contributed by atoms with Crippen molar-refractivity contribution in [1.82, 2.24) is 4.90 Å². The van der Waals surface area contributed by atoms with Gasteiger partial charge in [-0.3, -0.25) is 4.99 Å². The Labute approximate surface area is 106 Å². The molecule has 1 aromatic rings. The van der Waals surface area contributed by atoms with E-state index in [2.05, 4.69) is 38.0 Å². The molecule has 0 radical (unpaired) electrons. The topological polar surface area (TPSA) is 15.6 Å². The SMILES string of the molecule is S=C1Sc2cc(Br)ccc2C2=NCCN12. The number of aliphatic imine (C=N–C) groups is 1. The number of hydrogen-bond donors (Lipinski definition) is 0. The summed E-state index contributed by atoms with van der Waals surface area (Å²) in [5.41, 5.74) is 1.20. The molecule has 0 aliphatic carbocycles. The number of thiocarbonyl (C=S) groups is 1. The minimum absolute atomic E-state index is 0.853. The Morgan fingerprint density at radius 2 is 2.33 bits per heavy atom. The Balaban J connectivity index is 2.19. The van der Waals surface area contributed by atoms with Crippen molar-refractivity contribution >= 4 is 50.1 Å². The van der Waals surface area contributed by atoms with Crippen molar-refractivity contribution in [1.29, 1.82) is 0 Å². The Hall–Kier alpha value is -0.390. The molecule has 2 aliphatic heterocycles. The highest BCUT2D eigenvalue weighted by Crippen LogP contribution is 2.35. The normalized spacial score (nSPS) is 18.6. The van der Waals surface area contributed by atoms with E-state index in [0.717, 1.165) is 27.7 Å². The summed E-state index contributed by atoms with van der Waals surface area (Å²) < 4.78 is 2.00. The molecule has 0 amide bonds. The van der Waals surface area contributed by atoms with Crippen LogP contribution < -0.4 is 0 Å². The Kier molecular flexibility index (Phi) is 2.34. The molecule has 0 atom stereocenters. The summed E-state index contributed by atoms with van der Waals surface area (Å²) in [5, 5.41) is 0. The molecule has 15 heavy (non-hydrogen) atoms. The van der Waals surface area contributed by atoms with Crippen LogP contribution in [0.25, 0.3) is 0 Å².